The molecule has 3 heterocycles. The molecule has 1 aliphatic heterocycles. The largest absolute Gasteiger partial charge is 0.370 e. The number of carbonyl (C=O) groups excluding carboxylic acids is 1. The Balaban J connectivity index is 1.82. The van der Waals surface area contributed by atoms with Gasteiger partial charge in [-0.25, -0.2) is 4.98 Å². The van der Waals surface area contributed by atoms with Crippen LogP contribution >= 0.6 is 0 Å². The summed E-state index contributed by atoms with van der Waals surface area (Å²) in [7, 11) is 0. The third-order valence-electron chi connectivity index (χ3n) is 4.11. The van der Waals surface area contributed by atoms with Gasteiger partial charge < -0.3 is 16.0 Å². The van der Waals surface area contributed by atoms with Gasteiger partial charge in [0.1, 0.15) is 5.82 Å². The van der Waals surface area contributed by atoms with Crippen molar-refractivity contribution in [3.8, 4) is 0 Å². The van der Waals surface area contributed by atoms with Gasteiger partial charge in [0.05, 0.1) is 12.2 Å². The number of pyridine rings is 1. The Hall–Kier alpha value is -2.70. The van der Waals surface area contributed by atoms with E-state index in [1.54, 1.807) is 24.5 Å². The predicted octanol–water partition coefficient (Wildman–Crippen LogP) is 1.86. The minimum atomic E-state index is -0.000571. The lowest BCUT2D eigenvalue weighted by molar-refractivity contribution is 0.0734. The molecule has 3 rings (SSSR count). The molecule has 1 aliphatic rings. The summed E-state index contributed by atoms with van der Waals surface area (Å²) in [5.74, 6) is 1.03. The molecule has 2 aromatic rings. The number of nitrogens with one attached hydrogen (secondary N) is 1. The van der Waals surface area contributed by atoms with Crippen LogP contribution in [0.25, 0.3) is 0 Å². The topological polar surface area (TPSA) is 97.0 Å². The van der Waals surface area contributed by atoms with Gasteiger partial charge in [-0.3, -0.25) is 9.78 Å². The fourth-order valence-electron chi connectivity index (χ4n) is 2.81. The van der Waals surface area contributed by atoms with Gasteiger partial charge in [-0.2, -0.15) is 4.98 Å². The molecule has 0 saturated heterocycles. The molecule has 7 nitrogen and oxygen atoms in total. The smallest absolute Gasteiger partial charge is 0.254 e. The zero-order valence-corrected chi connectivity index (χ0v) is 13.8. The summed E-state index contributed by atoms with van der Waals surface area (Å²) in [6.07, 6.45) is 6.10. The van der Waals surface area contributed by atoms with E-state index < -0.39 is 0 Å². The number of hydrogen-bond acceptors (Lipinski definition) is 6. The van der Waals surface area contributed by atoms with Crippen LogP contribution < -0.4 is 11.1 Å². The van der Waals surface area contributed by atoms with Crippen molar-refractivity contribution in [1.29, 1.82) is 0 Å². The first-order valence-electron chi connectivity index (χ1n) is 8.27. The summed E-state index contributed by atoms with van der Waals surface area (Å²) in [6, 6.07) is 3.47. The van der Waals surface area contributed by atoms with Crippen LogP contribution in [0.3, 0.4) is 0 Å². The molecule has 0 fully saturated rings. The van der Waals surface area contributed by atoms with Crippen molar-refractivity contribution in [2.45, 2.75) is 32.7 Å². The van der Waals surface area contributed by atoms with E-state index in [0.717, 1.165) is 36.5 Å². The lowest BCUT2D eigenvalue weighted by Gasteiger charge is -2.29. The maximum atomic E-state index is 12.7. The second-order valence-corrected chi connectivity index (χ2v) is 5.85. The van der Waals surface area contributed by atoms with Crippen LogP contribution in [0.5, 0.6) is 0 Å². The SMILES string of the molecule is CCCCNc1nc(N)nc2c1CN(C(=O)c1ccncc1)CC2. The van der Waals surface area contributed by atoms with E-state index in [-0.39, 0.29) is 11.9 Å². The molecule has 0 spiro atoms. The molecule has 2 aromatic heterocycles. The van der Waals surface area contributed by atoms with Crippen molar-refractivity contribution in [2.75, 3.05) is 24.1 Å². The highest BCUT2D eigenvalue weighted by Crippen LogP contribution is 2.25. The molecule has 0 bridgehead atoms. The van der Waals surface area contributed by atoms with Crippen LogP contribution in [0.4, 0.5) is 11.8 Å². The normalized spacial score (nSPS) is 13.5. The van der Waals surface area contributed by atoms with Gasteiger partial charge in [0.15, 0.2) is 0 Å². The predicted molar refractivity (Wildman–Crippen MR) is 92.5 cm³/mol. The first-order valence-corrected chi connectivity index (χ1v) is 8.27. The second-order valence-electron chi connectivity index (χ2n) is 5.85. The van der Waals surface area contributed by atoms with Gasteiger partial charge in [-0.1, -0.05) is 13.3 Å². The van der Waals surface area contributed by atoms with Crippen molar-refractivity contribution in [2.24, 2.45) is 0 Å². The molecule has 24 heavy (non-hydrogen) atoms. The number of anilines is 2. The average molecular weight is 326 g/mol. The number of carbonyl (C=O) groups is 1. The highest BCUT2D eigenvalue weighted by Gasteiger charge is 2.25. The molecule has 0 aliphatic carbocycles. The maximum Gasteiger partial charge on any atom is 0.254 e. The highest BCUT2D eigenvalue weighted by atomic mass is 16.2. The van der Waals surface area contributed by atoms with Crippen LogP contribution in [-0.2, 0) is 13.0 Å². The number of aromatic nitrogens is 3. The van der Waals surface area contributed by atoms with E-state index in [1.165, 1.54) is 0 Å². The first-order chi connectivity index (χ1) is 11.7. The number of unbranched alkanes of at least 4 members (excludes halogenated alkanes) is 1. The van der Waals surface area contributed by atoms with Crippen LogP contribution in [-0.4, -0.2) is 38.8 Å². The molecule has 126 valence electrons. The van der Waals surface area contributed by atoms with E-state index >= 15 is 0 Å². The Kier molecular flexibility index (Phi) is 4.88. The van der Waals surface area contributed by atoms with Gasteiger partial charge in [-0.05, 0) is 18.6 Å². The molecular weight excluding hydrogens is 304 g/mol. The lowest BCUT2D eigenvalue weighted by atomic mass is 10.0. The Labute approximate surface area is 141 Å². The number of fused-ring (bicyclic) bond motifs is 1. The first kappa shape index (κ1) is 16.2. The number of hydrogen-bond donors (Lipinski definition) is 2. The Morgan fingerprint density at radius 2 is 2.12 bits per heavy atom. The highest BCUT2D eigenvalue weighted by molar-refractivity contribution is 5.94. The lowest BCUT2D eigenvalue weighted by Crippen LogP contribution is -2.37. The van der Waals surface area contributed by atoms with Gasteiger partial charge in [-0.15, -0.1) is 0 Å². The molecule has 1 amide bonds. The molecule has 7 heteroatoms. The molecule has 0 unspecified atom stereocenters. The minimum Gasteiger partial charge on any atom is -0.370 e. The van der Waals surface area contributed by atoms with Crippen LogP contribution in [0, 0.1) is 0 Å². The molecule has 0 saturated carbocycles. The van der Waals surface area contributed by atoms with Crippen molar-refractivity contribution < 1.29 is 4.79 Å². The van der Waals surface area contributed by atoms with Crippen molar-refractivity contribution in [3.63, 3.8) is 0 Å². The number of rotatable bonds is 5. The zero-order chi connectivity index (χ0) is 16.9. The average Bonchev–Trinajstić information content (AvgIpc) is 2.61. The van der Waals surface area contributed by atoms with E-state index in [2.05, 4.69) is 27.2 Å². The van der Waals surface area contributed by atoms with Crippen LogP contribution in [0.1, 0.15) is 41.4 Å². The fraction of sp³-hybridized carbons (Fsp3) is 0.412. The molecule has 3 N–H and O–H groups in total. The Morgan fingerprint density at radius 3 is 2.88 bits per heavy atom. The molecule has 0 atom stereocenters. The van der Waals surface area contributed by atoms with Crippen LogP contribution in [0.2, 0.25) is 0 Å². The van der Waals surface area contributed by atoms with Crippen LogP contribution in [0.15, 0.2) is 24.5 Å². The quantitative estimate of drug-likeness (QED) is 0.814. The van der Waals surface area contributed by atoms with Gasteiger partial charge >= 0.3 is 0 Å². The van der Waals surface area contributed by atoms with E-state index in [9.17, 15) is 4.79 Å². The third kappa shape index (κ3) is 3.45. The summed E-state index contributed by atoms with van der Waals surface area (Å²) in [5.41, 5.74) is 8.36. The van der Waals surface area contributed by atoms with Gasteiger partial charge in [0.2, 0.25) is 5.95 Å². The third-order valence-corrected chi connectivity index (χ3v) is 4.11. The molecule has 0 aromatic carbocycles. The van der Waals surface area contributed by atoms with E-state index in [4.69, 9.17) is 5.73 Å². The second kappa shape index (κ2) is 7.25. The number of amides is 1. The summed E-state index contributed by atoms with van der Waals surface area (Å²) in [6.45, 7) is 4.09. The summed E-state index contributed by atoms with van der Waals surface area (Å²) < 4.78 is 0. The Bertz CT molecular complexity index is 719. The molecule has 0 radical (unpaired) electrons. The van der Waals surface area contributed by atoms with E-state index in [0.29, 0.717) is 25.1 Å². The zero-order valence-electron chi connectivity index (χ0n) is 13.8. The van der Waals surface area contributed by atoms with Gasteiger partial charge in [0, 0.05) is 43.0 Å². The molecular formula is C17H22N6O. The standard InChI is InChI=1S/C17H22N6O/c1-2-3-7-20-15-13-11-23(10-6-14(13)21-17(18)22-15)16(24)12-4-8-19-9-5-12/h4-5,8-9H,2-3,6-7,10-11H2,1H3,(H3,18,20,21,22). The van der Waals surface area contributed by atoms with Crippen molar-refractivity contribution >= 4 is 17.7 Å². The number of nitrogen functional groups attached to an aromatic ring is 1. The fourth-order valence-corrected chi connectivity index (χ4v) is 2.81. The monoisotopic (exact) mass is 326 g/mol. The summed E-state index contributed by atoms with van der Waals surface area (Å²) in [4.78, 5) is 27.1. The number of nitrogens with two attached hydrogens (primary N) is 1. The maximum absolute atomic E-state index is 12.7. The Morgan fingerprint density at radius 1 is 1.33 bits per heavy atom. The van der Waals surface area contributed by atoms with Gasteiger partial charge in [0.25, 0.3) is 5.91 Å². The van der Waals surface area contributed by atoms with Crippen molar-refractivity contribution in [1.82, 2.24) is 19.9 Å². The minimum absolute atomic E-state index is 0.000571. The summed E-state index contributed by atoms with van der Waals surface area (Å²) >= 11 is 0. The summed E-state index contributed by atoms with van der Waals surface area (Å²) in [5, 5.41) is 3.33. The van der Waals surface area contributed by atoms with E-state index in [1.807, 2.05) is 4.90 Å². The number of nitrogens with zero attached hydrogens (tertiary/aromatic N) is 4. The van der Waals surface area contributed by atoms with Crippen molar-refractivity contribution in [3.05, 3.63) is 41.3 Å².